The molecule has 0 aromatic heterocycles. The van der Waals surface area contributed by atoms with Crippen LogP contribution in [0.3, 0.4) is 0 Å². The molecule has 1 N–H and O–H groups in total. The van der Waals surface area contributed by atoms with Crippen LogP contribution < -0.4 is 5.32 Å². The van der Waals surface area contributed by atoms with Gasteiger partial charge in [-0.25, -0.2) is 0 Å². The number of nitrogens with zero attached hydrogens (tertiary/aromatic N) is 1. The number of ether oxygens (including phenoxy) is 1. The highest BCUT2D eigenvalue weighted by molar-refractivity contribution is 5.83. The van der Waals surface area contributed by atoms with Crippen LogP contribution in [0.2, 0.25) is 0 Å². The van der Waals surface area contributed by atoms with Gasteiger partial charge in [0.2, 0.25) is 5.91 Å². The second-order valence-corrected chi connectivity index (χ2v) is 4.65. The highest BCUT2D eigenvalue weighted by Gasteiger charge is 2.32. The Hall–Kier alpha value is -0.610. The van der Waals surface area contributed by atoms with E-state index in [1.54, 1.807) is 0 Å². The molecule has 1 saturated heterocycles. The van der Waals surface area contributed by atoms with Crippen LogP contribution >= 0.6 is 0 Å². The van der Waals surface area contributed by atoms with E-state index >= 15 is 0 Å². The van der Waals surface area contributed by atoms with Crippen LogP contribution in [0, 0.1) is 5.92 Å². The first kappa shape index (κ1) is 13.5. The van der Waals surface area contributed by atoms with Gasteiger partial charge in [0.1, 0.15) is 0 Å². The fraction of sp³-hybridized carbons (Fsp3) is 0.917. The normalized spacial score (nSPS) is 21.1. The zero-order chi connectivity index (χ0) is 12.0. The summed E-state index contributed by atoms with van der Waals surface area (Å²) < 4.78 is 5.46. The second-order valence-electron chi connectivity index (χ2n) is 4.65. The van der Waals surface area contributed by atoms with Crippen LogP contribution in [0.25, 0.3) is 0 Å². The van der Waals surface area contributed by atoms with Gasteiger partial charge >= 0.3 is 0 Å². The van der Waals surface area contributed by atoms with E-state index in [0.29, 0.717) is 25.7 Å². The Morgan fingerprint density at radius 2 is 2.25 bits per heavy atom. The lowest BCUT2D eigenvalue weighted by Crippen LogP contribution is -2.35. The smallest absolute Gasteiger partial charge is 0.241 e. The van der Waals surface area contributed by atoms with Gasteiger partial charge in [-0.05, 0) is 12.3 Å². The van der Waals surface area contributed by atoms with E-state index < -0.39 is 0 Å². The third-order valence-corrected chi connectivity index (χ3v) is 2.89. The molecule has 1 amide bonds. The summed E-state index contributed by atoms with van der Waals surface area (Å²) in [6.07, 6.45) is 2.25. The zero-order valence-electron chi connectivity index (χ0n) is 10.7. The summed E-state index contributed by atoms with van der Waals surface area (Å²) in [5.74, 6) is 0.576. The highest BCUT2D eigenvalue weighted by atomic mass is 16.5. The maximum absolute atomic E-state index is 11.9. The van der Waals surface area contributed by atoms with Crippen LogP contribution in [0.5, 0.6) is 0 Å². The lowest BCUT2D eigenvalue weighted by Gasteiger charge is -2.16. The van der Waals surface area contributed by atoms with Gasteiger partial charge in [-0.2, -0.15) is 0 Å². The first-order valence-electron chi connectivity index (χ1n) is 6.26. The van der Waals surface area contributed by atoms with Gasteiger partial charge in [-0.1, -0.05) is 27.2 Å². The van der Waals surface area contributed by atoms with Gasteiger partial charge < -0.3 is 9.64 Å². The Morgan fingerprint density at radius 3 is 2.81 bits per heavy atom. The fourth-order valence-electron chi connectivity index (χ4n) is 1.80. The van der Waals surface area contributed by atoms with E-state index in [2.05, 4.69) is 26.1 Å². The van der Waals surface area contributed by atoms with Crippen LogP contribution in [0.1, 0.15) is 33.6 Å². The largest absolute Gasteiger partial charge is 0.380 e. The Morgan fingerprint density at radius 1 is 1.50 bits per heavy atom. The molecule has 4 nitrogen and oxygen atoms in total. The van der Waals surface area contributed by atoms with Crippen molar-refractivity contribution in [2.75, 3.05) is 26.4 Å². The third-order valence-electron chi connectivity index (χ3n) is 2.89. The predicted molar refractivity (Wildman–Crippen MR) is 64.1 cm³/mol. The highest BCUT2D eigenvalue weighted by Crippen LogP contribution is 2.11. The molecule has 94 valence electrons. The summed E-state index contributed by atoms with van der Waals surface area (Å²) in [4.78, 5) is 13.7. The van der Waals surface area contributed by atoms with E-state index in [1.165, 1.54) is 0 Å². The van der Waals surface area contributed by atoms with Gasteiger partial charge in [0.05, 0.1) is 19.3 Å². The molecule has 0 spiro atoms. The van der Waals surface area contributed by atoms with E-state index in [9.17, 15) is 4.79 Å². The van der Waals surface area contributed by atoms with Crippen molar-refractivity contribution < 1.29 is 9.53 Å². The second kappa shape index (κ2) is 6.86. The number of carbonyl (C=O) groups is 1. The molecule has 1 aliphatic rings. The SMILES string of the molecule is CCCCOCCN1CNC(C(C)C)C1=O. The Balaban J connectivity index is 2.17. The van der Waals surface area contributed by atoms with E-state index in [1.807, 2.05) is 4.90 Å². The fourth-order valence-corrected chi connectivity index (χ4v) is 1.80. The topological polar surface area (TPSA) is 41.6 Å². The summed E-state index contributed by atoms with van der Waals surface area (Å²) in [6, 6.07) is -0.00404. The summed E-state index contributed by atoms with van der Waals surface area (Å²) in [5.41, 5.74) is 0. The number of unbranched alkanes of at least 4 members (excludes halogenated alkanes) is 1. The minimum Gasteiger partial charge on any atom is -0.380 e. The average molecular weight is 228 g/mol. The lowest BCUT2D eigenvalue weighted by molar-refractivity contribution is -0.130. The van der Waals surface area contributed by atoms with Crippen molar-refractivity contribution in [3.05, 3.63) is 0 Å². The first-order valence-corrected chi connectivity index (χ1v) is 6.26. The molecule has 1 heterocycles. The molecule has 1 aliphatic heterocycles. The molecule has 1 unspecified atom stereocenters. The van der Waals surface area contributed by atoms with Crippen molar-refractivity contribution >= 4 is 5.91 Å². The van der Waals surface area contributed by atoms with Gasteiger partial charge in [0.25, 0.3) is 0 Å². The number of hydrogen-bond donors (Lipinski definition) is 1. The predicted octanol–water partition coefficient (Wildman–Crippen LogP) is 1.22. The molecule has 0 aromatic rings. The Bertz CT molecular complexity index is 219. The summed E-state index contributed by atoms with van der Waals surface area (Å²) in [7, 11) is 0. The lowest BCUT2D eigenvalue weighted by atomic mass is 10.1. The van der Waals surface area contributed by atoms with Crippen molar-refractivity contribution in [2.24, 2.45) is 5.92 Å². The van der Waals surface area contributed by atoms with E-state index in [0.717, 1.165) is 19.4 Å². The molecule has 1 rings (SSSR count). The minimum atomic E-state index is -0.00404. The number of hydrogen-bond acceptors (Lipinski definition) is 3. The van der Waals surface area contributed by atoms with Gasteiger partial charge in [-0.15, -0.1) is 0 Å². The molecular weight excluding hydrogens is 204 g/mol. The van der Waals surface area contributed by atoms with Crippen LogP contribution in [0.15, 0.2) is 0 Å². The average Bonchev–Trinajstić information content (AvgIpc) is 2.60. The molecule has 1 atom stereocenters. The monoisotopic (exact) mass is 228 g/mol. The van der Waals surface area contributed by atoms with Gasteiger partial charge in [0.15, 0.2) is 0 Å². The zero-order valence-corrected chi connectivity index (χ0v) is 10.7. The summed E-state index contributed by atoms with van der Waals surface area (Å²) >= 11 is 0. The number of rotatable bonds is 7. The number of amides is 1. The van der Waals surface area contributed by atoms with E-state index in [-0.39, 0.29) is 11.9 Å². The third kappa shape index (κ3) is 3.76. The Labute approximate surface area is 98.3 Å². The van der Waals surface area contributed by atoms with Crippen molar-refractivity contribution in [1.82, 2.24) is 10.2 Å². The van der Waals surface area contributed by atoms with Crippen molar-refractivity contribution in [2.45, 2.75) is 39.7 Å². The van der Waals surface area contributed by atoms with Crippen molar-refractivity contribution in [1.29, 1.82) is 0 Å². The van der Waals surface area contributed by atoms with Gasteiger partial charge in [-0.3, -0.25) is 10.1 Å². The quantitative estimate of drug-likeness (QED) is 0.666. The molecule has 0 bridgehead atoms. The molecule has 0 aliphatic carbocycles. The Kier molecular flexibility index (Phi) is 5.77. The maximum Gasteiger partial charge on any atom is 0.241 e. The maximum atomic E-state index is 11.9. The molecule has 1 fully saturated rings. The molecular formula is C12H24N2O2. The molecule has 0 saturated carbocycles. The summed E-state index contributed by atoms with van der Waals surface area (Å²) in [6.45, 7) is 9.10. The molecule has 16 heavy (non-hydrogen) atoms. The number of nitrogens with one attached hydrogen (secondary N) is 1. The number of carbonyl (C=O) groups excluding carboxylic acids is 1. The first-order chi connectivity index (χ1) is 7.66. The van der Waals surface area contributed by atoms with E-state index in [4.69, 9.17) is 4.74 Å². The van der Waals surface area contributed by atoms with Crippen LogP contribution in [-0.2, 0) is 9.53 Å². The minimum absolute atomic E-state index is 0.00404. The van der Waals surface area contributed by atoms with Crippen LogP contribution in [-0.4, -0.2) is 43.3 Å². The van der Waals surface area contributed by atoms with Crippen molar-refractivity contribution in [3.8, 4) is 0 Å². The molecule has 0 aromatic carbocycles. The van der Waals surface area contributed by atoms with Crippen molar-refractivity contribution in [3.63, 3.8) is 0 Å². The van der Waals surface area contributed by atoms with Crippen LogP contribution in [0.4, 0.5) is 0 Å². The summed E-state index contributed by atoms with van der Waals surface area (Å²) in [5, 5.41) is 3.23. The molecule has 0 radical (unpaired) electrons. The van der Waals surface area contributed by atoms with Gasteiger partial charge in [0, 0.05) is 13.2 Å². The molecule has 4 heteroatoms. The standard InChI is InChI=1S/C12H24N2O2/c1-4-5-7-16-8-6-14-9-13-11(10(2)3)12(14)15/h10-11,13H,4-9H2,1-3H3.